The predicted octanol–water partition coefficient (Wildman–Crippen LogP) is 1.40. The van der Waals surface area contributed by atoms with E-state index in [9.17, 15) is 10.1 Å². The highest BCUT2D eigenvalue weighted by atomic mass is 16.6. The van der Waals surface area contributed by atoms with Crippen molar-refractivity contribution in [3.8, 4) is 5.75 Å². The number of ether oxygens (including phenoxy) is 1. The van der Waals surface area contributed by atoms with Gasteiger partial charge >= 0.3 is 0 Å². The Hall–Kier alpha value is -1.82. The fourth-order valence-electron chi connectivity index (χ4n) is 1.89. The molecule has 0 amide bonds. The smallest absolute Gasteiger partial charge is 0.275 e. The minimum Gasteiger partial charge on any atom is -0.494 e. The highest BCUT2D eigenvalue weighted by Gasteiger charge is 2.23. The van der Waals surface area contributed by atoms with E-state index in [4.69, 9.17) is 4.74 Å². The van der Waals surface area contributed by atoms with Crippen LogP contribution in [0.2, 0.25) is 0 Å². The number of benzene rings is 1. The van der Waals surface area contributed by atoms with Gasteiger partial charge in [0.05, 0.1) is 23.6 Å². The second-order valence-corrected chi connectivity index (χ2v) is 4.30. The molecule has 18 heavy (non-hydrogen) atoms. The molecular formula is C12H17N3O3. The quantitative estimate of drug-likeness (QED) is 0.633. The van der Waals surface area contributed by atoms with E-state index in [2.05, 4.69) is 5.32 Å². The van der Waals surface area contributed by atoms with Crippen molar-refractivity contribution in [3.05, 3.63) is 28.3 Å². The maximum absolute atomic E-state index is 10.9. The zero-order chi connectivity index (χ0) is 13.1. The van der Waals surface area contributed by atoms with E-state index >= 15 is 0 Å². The van der Waals surface area contributed by atoms with Crippen molar-refractivity contribution in [1.82, 2.24) is 5.32 Å². The maximum Gasteiger partial charge on any atom is 0.275 e. The fourth-order valence-corrected chi connectivity index (χ4v) is 1.89. The first kappa shape index (κ1) is 12.6. The summed E-state index contributed by atoms with van der Waals surface area (Å²) in [6.07, 6.45) is 0. The van der Waals surface area contributed by atoms with E-state index in [1.165, 1.54) is 6.07 Å². The van der Waals surface area contributed by atoms with Crippen LogP contribution in [0.4, 0.5) is 11.4 Å². The van der Waals surface area contributed by atoms with Crippen molar-refractivity contribution < 1.29 is 9.66 Å². The maximum atomic E-state index is 10.9. The number of anilines is 1. The van der Waals surface area contributed by atoms with Crippen LogP contribution in [0.3, 0.4) is 0 Å². The number of nitrogens with one attached hydrogen (secondary N) is 1. The molecule has 1 saturated heterocycles. The van der Waals surface area contributed by atoms with Crippen LogP contribution >= 0.6 is 0 Å². The molecule has 2 rings (SSSR count). The minimum absolute atomic E-state index is 0.0649. The zero-order valence-corrected chi connectivity index (χ0v) is 10.5. The summed E-state index contributed by atoms with van der Waals surface area (Å²) in [6, 6.07) is 5.27. The van der Waals surface area contributed by atoms with Crippen LogP contribution in [0, 0.1) is 10.1 Å². The number of rotatable bonds is 5. The lowest BCUT2D eigenvalue weighted by Crippen LogP contribution is -2.56. The van der Waals surface area contributed by atoms with Gasteiger partial charge in [-0.1, -0.05) is 0 Å². The van der Waals surface area contributed by atoms with E-state index in [0.717, 1.165) is 18.8 Å². The van der Waals surface area contributed by atoms with E-state index in [-0.39, 0.29) is 10.6 Å². The first-order valence-electron chi connectivity index (χ1n) is 5.97. The van der Waals surface area contributed by atoms with Crippen molar-refractivity contribution in [1.29, 1.82) is 0 Å². The Morgan fingerprint density at radius 2 is 2.22 bits per heavy atom. The third-order valence-electron chi connectivity index (χ3n) is 3.11. The number of nitrogens with zero attached hydrogens (tertiary/aromatic N) is 2. The van der Waals surface area contributed by atoms with Gasteiger partial charge in [-0.2, -0.15) is 0 Å². The molecule has 6 nitrogen and oxygen atoms in total. The Balaban J connectivity index is 2.29. The van der Waals surface area contributed by atoms with Crippen LogP contribution in [0.15, 0.2) is 18.2 Å². The number of nitro benzene ring substituents is 1. The van der Waals surface area contributed by atoms with Crippen molar-refractivity contribution >= 4 is 11.4 Å². The average molecular weight is 251 g/mol. The SMILES string of the molecule is CCOc1cc(N(C)C2CNC2)cc([N+](=O)[O-])c1. The Kier molecular flexibility index (Phi) is 3.66. The molecule has 1 N–H and O–H groups in total. The van der Waals surface area contributed by atoms with Crippen LogP contribution in [-0.4, -0.2) is 37.7 Å². The van der Waals surface area contributed by atoms with Crippen LogP contribution in [0.25, 0.3) is 0 Å². The fraction of sp³-hybridized carbons (Fsp3) is 0.500. The van der Waals surface area contributed by atoms with Gasteiger partial charge in [-0.15, -0.1) is 0 Å². The largest absolute Gasteiger partial charge is 0.494 e. The van der Waals surface area contributed by atoms with Gasteiger partial charge in [-0.05, 0) is 6.92 Å². The number of non-ortho nitro benzene ring substituents is 1. The molecule has 0 aromatic heterocycles. The summed E-state index contributed by atoms with van der Waals surface area (Å²) in [6.45, 7) is 4.17. The van der Waals surface area contributed by atoms with Gasteiger partial charge in [0.2, 0.25) is 0 Å². The van der Waals surface area contributed by atoms with Crippen molar-refractivity contribution in [2.75, 3.05) is 31.6 Å². The van der Waals surface area contributed by atoms with Crippen LogP contribution in [-0.2, 0) is 0 Å². The summed E-state index contributed by atoms with van der Waals surface area (Å²) in [5.41, 5.74) is 0.884. The van der Waals surface area contributed by atoms with E-state index in [1.54, 1.807) is 6.07 Å². The summed E-state index contributed by atoms with van der Waals surface area (Å²) < 4.78 is 5.37. The van der Waals surface area contributed by atoms with Gasteiger partial charge in [0.15, 0.2) is 0 Å². The summed E-state index contributed by atoms with van der Waals surface area (Å²) in [4.78, 5) is 12.6. The molecule has 0 atom stereocenters. The number of hydrogen-bond acceptors (Lipinski definition) is 5. The molecule has 0 aliphatic carbocycles. The summed E-state index contributed by atoms with van der Waals surface area (Å²) in [5, 5.41) is 14.1. The Morgan fingerprint density at radius 3 is 2.72 bits per heavy atom. The first-order chi connectivity index (χ1) is 8.61. The average Bonchev–Trinajstić information content (AvgIpc) is 2.26. The monoisotopic (exact) mass is 251 g/mol. The van der Waals surface area contributed by atoms with Crippen LogP contribution in [0.1, 0.15) is 6.92 Å². The molecule has 1 aromatic rings. The summed E-state index contributed by atoms with van der Waals surface area (Å²) in [7, 11) is 1.94. The predicted molar refractivity (Wildman–Crippen MR) is 69.3 cm³/mol. The van der Waals surface area contributed by atoms with Crippen molar-refractivity contribution in [2.24, 2.45) is 0 Å². The van der Waals surface area contributed by atoms with Crippen LogP contribution < -0.4 is 15.0 Å². The molecule has 1 fully saturated rings. The molecular weight excluding hydrogens is 234 g/mol. The molecule has 1 aliphatic heterocycles. The summed E-state index contributed by atoms with van der Waals surface area (Å²) >= 11 is 0. The molecule has 1 heterocycles. The van der Waals surface area contributed by atoms with Gasteiger partial charge in [0.25, 0.3) is 5.69 Å². The zero-order valence-electron chi connectivity index (χ0n) is 10.5. The molecule has 0 spiro atoms. The second kappa shape index (κ2) is 5.22. The molecule has 6 heteroatoms. The number of hydrogen-bond donors (Lipinski definition) is 1. The minimum atomic E-state index is -0.390. The normalized spacial score (nSPS) is 15.0. The van der Waals surface area contributed by atoms with Gasteiger partial charge < -0.3 is 15.0 Å². The van der Waals surface area contributed by atoms with Gasteiger partial charge in [0.1, 0.15) is 5.75 Å². The number of likely N-dealkylation sites (N-methyl/N-ethyl adjacent to an activating group) is 1. The van der Waals surface area contributed by atoms with Crippen molar-refractivity contribution in [3.63, 3.8) is 0 Å². The molecule has 1 aromatic carbocycles. The Morgan fingerprint density at radius 1 is 1.50 bits per heavy atom. The highest BCUT2D eigenvalue weighted by Crippen LogP contribution is 2.29. The third kappa shape index (κ3) is 2.53. The van der Waals surface area contributed by atoms with E-state index in [0.29, 0.717) is 18.4 Å². The van der Waals surface area contributed by atoms with Crippen molar-refractivity contribution in [2.45, 2.75) is 13.0 Å². The lowest BCUT2D eigenvalue weighted by Gasteiger charge is -2.37. The van der Waals surface area contributed by atoms with Crippen LogP contribution in [0.5, 0.6) is 5.75 Å². The van der Waals surface area contributed by atoms with E-state index in [1.807, 2.05) is 24.9 Å². The topological polar surface area (TPSA) is 67.6 Å². The van der Waals surface area contributed by atoms with Gasteiger partial charge in [0, 0.05) is 38.0 Å². The summed E-state index contributed by atoms with van der Waals surface area (Å²) in [5.74, 6) is 0.542. The van der Waals surface area contributed by atoms with E-state index < -0.39 is 0 Å². The molecule has 0 saturated carbocycles. The molecule has 1 aliphatic rings. The second-order valence-electron chi connectivity index (χ2n) is 4.30. The van der Waals surface area contributed by atoms with Gasteiger partial charge in [-0.25, -0.2) is 0 Å². The molecule has 0 radical (unpaired) electrons. The third-order valence-corrected chi connectivity index (χ3v) is 3.11. The highest BCUT2D eigenvalue weighted by molar-refractivity contribution is 5.58. The standard InChI is InChI=1S/C12H17N3O3/c1-3-18-12-5-9(4-10(6-12)15(16)17)14(2)11-7-13-8-11/h4-6,11,13H,3,7-8H2,1-2H3. The Labute approximate surface area is 106 Å². The lowest BCUT2D eigenvalue weighted by molar-refractivity contribution is -0.384. The molecule has 0 bridgehead atoms. The molecule has 0 unspecified atom stereocenters. The number of nitro groups is 1. The first-order valence-corrected chi connectivity index (χ1v) is 5.97. The van der Waals surface area contributed by atoms with Gasteiger partial charge in [-0.3, -0.25) is 10.1 Å². The Bertz CT molecular complexity index is 446. The lowest BCUT2D eigenvalue weighted by atomic mass is 10.1. The molecule has 98 valence electrons.